The summed E-state index contributed by atoms with van der Waals surface area (Å²) >= 11 is 0. The molecule has 1 aliphatic rings. The minimum absolute atomic E-state index is 0.0266. The van der Waals surface area contributed by atoms with E-state index in [4.69, 9.17) is 20.4 Å². The van der Waals surface area contributed by atoms with Gasteiger partial charge in [-0.15, -0.1) is 10.1 Å². The van der Waals surface area contributed by atoms with Crippen LogP contribution in [0.2, 0.25) is 0 Å². The summed E-state index contributed by atoms with van der Waals surface area (Å²) < 4.78 is 0. The molecule has 6 nitrogen and oxygen atoms in total. The van der Waals surface area contributed by atoms with Gasteiger partial charge in [0.2, 0.25) is 0 Å². The van der Waals surface area contributed by atoms with Crippen molar-refractivity contribution in [1.29, 1.82) is 0 Å². The van der Waals surface area contributed by atoms with Crippen LogP contribution >= 0.6 is 0 Å². The molecule has 66 valence electrons. The lowest BCUT2D eigenvalue weighted by Crippen LogP contribution is -2.30. The van der Waals surface area contributed by atoms with E-state index in [0.717, 1.165) is 25.9 Å². The lowest BCUT2D eigenvalue weighted by Gasteiger charge is -2.16. The standard InChI is InChI=1S/C5H11NO.HNO3/c7-5-1-3-6-4-2-5;2-1(3)4/h5-7H,1-4H2;(H,2,3,4). The van der Waals surface area contributed by atoms with Crippen molar-refractivity contribution in [2.24, 2.45) is 0 Å². The Morgan fingerprint density at radius 3 is 2.00 bits per heavy atom. The Bertz CT molecular complexity index is 109. The van der Waals surface area contributed by atoms with Crippen LogP contribution in [0.1, 0.15) is 12.8 Å². The summed E-state index contributed by atoms with van der Waals surface area (Å²) in [6.45, 7) is 1.97. The van der Waals surface area contributed by atoms with E-state index in [1.165, 1.54) is 0 Å². The largest absolute Gasteiger partial charge is 0.393 e. The fraction of sp³-hybridized carbons (Fsp3) is 1.00. The molecule has 0 atom stereocenters. The van der Waals surface area contributed by atoms with Gasteiger partial charge in [0.25, 0.3) is 5.09 Å². The Labute approximate surface area is 63.9 Å². The summed E-state index contributed by atoms with van der Waals surface area (Å²) in [4.78, 5) is 8.36. The fourth-order valence-electron chi connectivity index (χ4n) is 0.807. The Hall–Kier alpha value is -0.880. The van der Waals surface area contributed by atoms with Crippen molar-refractivity contribution in [1.82, 2.24) is 5.32 Å². The molecule has 0 spiro atoms. The third-order valence-electron chi connectivity index (χ3n) is 1.31. The van der Waals surface area contributed by atoms with E-state index in [1.807, 2.05) is 0 Å². The Kier molecular flexibility index (Phi) is 5.40. The molecule has 0 aliphatic carbocycles. The zero-order valence-electron chi connectivity index (χ0n) is 6.06. The van der Waals surface area contributed by atoms with Crippen LogP contribution < -0.4 is 5.32 Å². The summed E-state index contributed by atoms with van der Waals surface area (Å²) in [5, 5.41) is 25.7. The van der Waals surface area contributed by atoms with Crippen LogP contribution in [-0.2, 0) is 0 Å². The van der Waals surface area contributed by atoms with Crippen molar-refractivity contribution < 1.29 is 15.4 Å². The lowest BCUT2D eigenvalue weighted by molar-refractivity contribution is -0.742. The Morgan fingerprint density at radius 2 is 1.82 bits per heavy atom. The molecule has 1 fully saturated rings. The van der Waals surface area contributed by atoms with E-state index in [1.54, 1.807) is 0 Å². The third-order valence-corrected chi connectivity index (χ3v) is 1.31. The molecule has 1 saturated heterocycles. The second-order valence-corrected chi connectivity index (χ2v) is 2.22. The normalized spacial score (nSPS) is 18.3. The highest BCUT2D eigenvalue weighted by atomic mass is 16.9. The number of hydrogen-bond donors (Lipinski definition) is 3. The van der Waals surface area contributed by atoms with Gasteiger partial charge in [0.15, 0.2) is 0 Å². The van der Waals surface area contributed by atoms with Crippen LogP contribution in [-0.4, -0.2) is 34.6 Å². The van der Waals surface area contributed by atoms with Gasteiger partial charge in [-0.3, -0.25) is 0 Å². The molecule has 0 aromatic heterocycles. The molecular weight excluding hydrogens is 152 g/mol. The van der Waals surface area contributed by atoms with Crippen LogP contribution in [0.25, 0.3) is 0 Å². The molecule has 0 radical (unpaired) electrons. The van der Waals surface area contributed by atoms with E-state index >= 15 is 0 Å². The first-order chi connectivity index (χ1) is 5.13. The number of nitrogens with one attached hydrogen (secondary N) is 1. The molecule has 0 aromatic carbocycles. The van der Waals surface area contributed by atoms with Crippen molar-refractivity contribution in [3.05, 3.63) is 10.1 Å². The first kappa shape index (κ1) is 10.1. The number of nitrogens with zero attached hydrogens (tertiary/aromatic N) is 1. The van der Waals surface area contributed by atoms with Crippen LogP contribution in [0.3, 0.4) is 0 Å². The van der Waals surface area contributed by atoms with Gasteiger partial charge in [-0.05, 0) is 25.9 Å². The molecular formula is C5H12N2O4. The van der Waals surface area contributed by atoms with Crippen LogP contribution in [0, 0.1) is 10.1 Å². The number of piperidine rings is 1. The summed E-state index contributed by atoms with van der Waals surface area (Å²) in [6.07, 6.45) is 1.83. The van der Waals surface area contributed by atoms with Crippen molar-refractivity contribution >= 4 is 0 Å². The van der Waals surface area contributed by atoms with Crippen LogP contribution in [0.5, 0.6) is 0 Å². The molecule has 11 heavy (non-hydrogen) atoms. The van der Waals surface area contributed by atoms with E-state index in [0.29, 0.717) is 0 Å². The molecule has 1 heterocycles. The van der Waals surface area contributed by atoms with Crippen LogP contribution in [0.4, 0.5) is 0 Å². The molecule has 0 aromatic rings. The molecule has 1 rings (SSSR count). The first-order valence-electron chi connectivity index (χ1n) is 3.35. The van der Waals surface area contributed by atoms with E-state index in [9.17, 15) is 0 Å². The summed E-state index contributed by atoms with van der Waals surface area (Å²) in [7, 11) is 0. The number of rotatable bonds is 0. The van der Waals surface area contributed by atoms with E-state index in [-0.39, 0.29) is 6.10 Å². The first-order valence-corrected chi connectivity index (χ1v) is 3.35. The zero-order chi connectivity index (χ0) is 8.69. The maximum Gasteiger partial charge on any atom is 0.291 e. The maximum atomic E-state index is 8.87. The van der Waals surface area contributed by atoms with Crippen molar-refractivity contribution in [3.8, 4) is 0 Å². The minimum atomic E-state index is -1.50. The van der Waals surface area contributed by atoms with Crippen molar-refractivity contribution in [3.63, 3.8) is 0 Å². The fourth-order valence-corrected chi connectivity index (χ4v) is 0.807. The van der Waals surface area contributed by atoms with Gasteiger partial charge in [0.1, 0.15) is 0 Å². The molecule has 3 N–H and O–H groups in total. The van der Waals surface area contributed by atoms with Crippen LogP contribution in [0.15, 0.2) is 0 Å². The highest BCUT2D eigenvalue weighted by Crippen LogP contribution is 1.99. The highest BCUT2D eigenvalue weighted by Gasteiger charge is 2.06. The van der Waals surface area contributed by atoms with Gasteiger partial charge in [0.05, 0.1) is 6.10 Å². The van der Waals surface area contributed by atoms with Gasteiger partial charge in [-0.1, -0.05) is 0 Å². The number of hydrogen-bond acceptors (Lipinski definition) is 4. The molecule has 6 heteroatoms. The molecule has 0 bridgehead atoms. The Balaban J connectivity index is 0.000000218. The summed E-state index contributed by atoms with van der Waals surface area (Å²) in [5.41, 5.74) is 0. The SMILES string of the molecule is O=[N+]([O-])O.OC1CCNCC1. The third kappa shape index (κ3) is 9.12. The molecule has 1 aliphatic heterocycles. The lowest BCUT2D eigenvalue weighted by atomic mass is 10.1. The highest BCUT2D eigenvalue weighted by molar-refractivity contribution is 4.65. The predicted octanol–water partition coefficient (Wildman–Crippen LogP) is -0.617. The van der Waals surface area contributed by atoms with Gasteiger partial charge in [0, 0.05) is 0 Å². The predicted molar refractivity (Wildman–Crippen MR) is 36.9 cm³/mol. The summed E-state index contributed by atoms with van der Waals surface area (Å²) in [6, 6.07) is 0. The zero-order valence-corrected chi connectivity index (χ0v) is 6.06. The van der Waals surface area contributed by atoms with Gasteiger partial charge in [-0.25, -0.2) is 0 Å². The topological polar surface area (TPSA) is 95.6 Å². The average Bonchev–Trinajstić information content (AvgIpc) is 1.87. The second-order valence-electron chi connectivity index (χ2n) is 2.22. The summed E-state index contributed by atoms with van der Waals surface area (Å²) in [5.74, 6) is 0. The monoisotopic (exact) mass is 164 g/mol. The maximum absolute atomic E-state index is 8.87. The van der Waals surface area contributed by atoms with E-state index < -0.39 is 5.09 Å². The average molecular weight is 164 g/mol. The number of aliphatic hydroxyl groups is 1. The van der Waals surface area contributed by atoms with E-state index in [2.05, 4.69) is 5.32 Å². The van der Waals surface area contributed by atoms with Gasteiger partial charge < -0.3 is 15.6 Å². The minimum Gasteiger partial charge on any atom is -0.393 e. The molecule has 0 saturated carbocycles. The van der Waals surface area contributed by atoms with Gasteiger partial charge >= 0.3 is 0 Å². The quantitative estimate of drug-likeness (QED) is 0.327. The van der Waals surface area contributed by atoms with Gasteiger partial charge in [-0.2, -0.15) is 0 Å². The molecule has 0 unspecified atom stereocenters. The second kappa shape index (κ2) is 5.87. The number of aliphatic hydroxyl groups excluding tert-OH is 1. The smallest absolute Gasteiger partial charge is 0.291 e. The van der Waals surface area contributed by atoms with Crippen molar-refractivity contribution in [2.45, 2.75) is 18.9 Å². The Morgan fingerprint density at radius 1 is 1.45 bits per heavy atom. The van der Waals surface area contributed by atoms with Crippen molar-refractivity contribution in [2.75, 3.05) is 13.1 Å². The molecule has 0 amide bonds.